The second-order valence-corrected chi connectivity index (χ2v) is 6.03. The van der Waals surface area contributed by atoms with E-state index in [0.29, 0.717) is 12.5 Å². The predicted octanol–water partition coefficient (Wildman–Crippen LogP) is 2.95. The van der Waals surface area contributed by atoms with Crippen LogP contribution in [0.3, 0.4) is 0 Å². The van der Waals surface area contributed by atoms with Crippen LogP contribution in [0.4, 0.5) is 4.79 Å². The van der Waals surface area contributed by atoms with Crippen LogP contribution in [-0.4, -0.2) is 41.6 Å². The monoisotopic (exact) mass is 286 g/mol. The van der Waals surface area contributed by atoms with Crippen LogP contribution in [0.2, 0.25) is 0 Å². The number of nitrogens with one attached hydrogen (secondary N) is 1. The molecule has 0 spiro atoms. The maximum atomic E-state index is 12.0. The summed E-state index contributed by atoms with van der Waals surface area (Å²) >= 11 is 0. The molecule has 5 nitrogen and oxygen atoms in total. The van der Waals surface area contributed by atoms with Crippen LogP contribution in [0.15, 0.2) is 0 Å². The molecule has 2 atom stereocenters. The minimum atomic E-state index is -0.808. The van der Waals surface area contributed by atoms with E-state index in [-0.39, 0.29) is 24.4 Å². The highest BCUT2D eigenvalue weighted by Crippen LogP contribution is 2.15. The van der Waals surface area contributed by atoms with Crippen LogP contribution < -0.4 is 5.32 Å². The quantitative estimate of drug-likeness (QED) is 0.684. The molecular weight excluding hydrogens is 256 g/mol. The van der Waals surface area contributed by atoms with Crippen LogP contribution in [0.5, 0.6) is 0 Å². The topological polar surface area (TPSA) is 69.6 Å². The molecule has 2 N–H and O–H groups in total. The number of aliphatic carboxylic acids is 1. The van der Waals surface area contributed by atoms with Crippen molar-refractivity contribution < 1.29 is 14.7 Å². The van der Waals surface area contributed by atoms with Gasteiger partial charge in [-0.1, -0.05) is 27.2 Å². The Morgan fingerprint density at radius 2 is 1.85 bits per heavy atom. The fourth-order valence-electron chi connectivity index (χ4n) is 2.32. The van der Waals surface area contributed by atoms with Crippen molar-refractivity contribution in [3.8, 4) is 0 Å². The first-order valence-corrected chi connectivity index (χ1v) is 7.50. The van der Waals surface area contributed by atoms with Crippen molar-refractivity contribution in [3.63, 3.8) is 0 Å². The lowest BCUT2D eigenvalue weighted by Gasteiger charge is -2.26. The van der Waals surface area contributed by atoms with E-state index in [1.165, 1.54) is 0 Å². The Labute approximate surface area is 122 Å². The maximum Gasteiger partial charge on any atom is 0.317 e. The number of carbonyl (C=O) groups is 2. The molecule has 0 aliphatic heterocycles. The summed E-state index contributed by atoms with van der Waals surface area (Å²) in [5.41, 5.74) is 0. The molecule has 118 valence electrons. The molecule has 0 aromatic heterocycles. The summed E-state index contributed by atoms with van der Waals surface area (Å²) in [5, 5.41) is 11.8. The normalized spacial score (nSPS) is 13.9. The highest BCUT2D eigenvalue weighted by Gasteiger charge is 2.19. The van der Waals surface area contributed by atoms with E-state index in [4.69, 9.17) is 5.11 Å². The second-order valence-electron chi connectivity index (χ2n) is 6.03. The van der Waals surface area contributed by atoms with Crippen molar-refractivity contribution in [2.45, 2.75) is 59.4 Å². The summed E-state index contributed by atoms with van der Waals surface area (Å²) in [6.07, 6.45) is 2.91. The van der Waals surface area contributed by atoms with Crippen molar-refractivity contribution in [1.82, 2.24) is 10.2 Å². The first-order valence-electron chi connectivity index (χ1n) is 7.50. The molecule has 0 aromatic rings. The first-order chi connectivity index (χ1) is 9.27. The zero-order valence-corrected chi connectivity index (χ0v) is 13.5. The number of hydrogen-bond acceptors (Lipinski definition) is 2. The van der Waals surface area contributed by atoms with Crippen molar-refractivity contribution in [2.75, 3.05) is 13.6 Å². The lowest BCUT2D eigenvalue weighted by Crippen LogP contribution is -2.44. The molecule has 0 saturated carbocycles. The summed E-state index contributed by atoms with van der Waals surface area (Å²) in [4.78, 5) is 24.5. The van der Waals surface area contributed by atoms with E-state index >= 15 is 0 Å². The van der Waals surface area contributed by atoms with Crippen LogP contribution >= 0.6 is 0 Å². The van der Waals surface area contributed by atoms with Gasteiger partial charge in [-0.15, -0.1) is 0 Å². The third-order valence-electron chi connectivity index (χ3n) is 3.50. The Hall–Kier alpha value is -1.26. The number of carboxylic acid groups (broad SMARTS) is 1. The average Bonchev–Trinajstić information content (AvgIpc) is 2.33. The molecule has 2 amide bonds. The Balaban J connectivity index is 4.31. The zero-order valence-electron chi connectivity index (χ0n) is 13.5. The molecular formula is C15H30N2O3. The minimum Gasteiger partial charge on any atom is -0.481 e. The smallest absolute Gasteiger partial charge is 0.317 e. The molecule has 5 heteroatoms. The fourth-order valence-corrected chi connectivity index (χ4v) is 2.32. The molecule has 0 saturated heterocycles. The van der Waals surface area contributed by atoms with Gasteiger partial charge in [-0.3, -0.25) is 4.79 Å². The lowest BCUT2D eigenvalue weighted by molar-refractivity contribution is -0.138. The highest BCUT2D eigenvalue weighted by atomic mass is 16.4. The van der Waals surface area contributed by atoms with Gasteiger partial charge in [0.15, 0.2) is 0 Å². The largest absolute Gasteiger partial charge is 0.481 e. The number of urea groups is 1. The van der Waals surface area contributed by atoms with Crippen molar-refractivity contribution in [1.29, 1.82) is 0 Å². The molecule has 20 heavy (non-hydrogen) atoms. The van der Waals surface area contributed by atoms with Gasteiger partial charge in [0.1, 0.15) is 0 Å². The van der Waals surface area contributed by atoms with Crippen molar-refractivity contribution in [3.05, 3.63) is 0 Å². The van der Waals surface area contributed by atoms with Crippen molar-refractivity contribution in [2.24, 2.45) is 11.8 Å². The van der Waals surface area contributed by atoms with E-state index < -0.39 is 5.97 Å². The van der Waals surface area contributed by atoms with Gasteiger partial charge in [0.05, 0.1) is 0 Å². The van der Waals surface area contributed by atoms with Gasteiger partial charge in [0.25, 0.3) is 0 Å². The lowest BCUT2D eigenvalue weighted by atomic mass is 9.94. The SMILES string of the molecule is CCCC(C)N(C)C(=O)NC[C@H](CC(=O)O)CC(C)C. The average molecular weight is 286 g/mol. The summed E-state index contributed by atoms with van der Waals surface area (Å²) in [5.74, 6) is -0.392. The number of carbonyl (C=O) groups excluding carboxylic acids is 1. The Morgan fingerprint density at radius 1 is 1.25 bits per heavy atom. The fraction of sp³-hybridized carbons (Fsp3) is 0.867. The minimum absolute atomic E-state index is 0.00803. The second kappa shape index (κ2) is 9.61. The Morgan fingerprint density at radius 3 is 2.30 bits per heavy atom. The first kappa shape index (κ1) is 18.7. The van der Waals surface area contributed by atoms with E-state index in [9.17, 15) is 9.59 Å². The number of rotatable bonds is 9. The summed E-state index contributed by atoms with van der Waals surface area (Å²) in [6.45, 7) is 8.66. The zero-order chi connectivity index (χ0) is 15.7. The van der Waals surface area contributed by atoms with Crippen molar-refractivity contribution >= 4 is 12.0 Å². The van der Waals surface area contributed by atoms with Gasteiger partial charge in [0.2, 0.25) is 0 Å². The third-order valence-corrected chi connectivity index (χ3v) is 3.50. The molecule has 0 bridgehead atoms. The molecule has 0 fully saturated rings. The molecule has 0 radical (unpaired) electrons. The van der Waals surface area contributed by atoms with Gasteiger partial charge in [-0.2, -0.15) is 0 Å². The predicted molar refractivity (Wildman–Crippen MR) is 80.7 cm³/mol. The standard InChI is InChI=1S/C15H30N2O3/c1-6-7-12(4)17(5)15(20)16-10-13(8-11(2)3)9-14(18)19/h11-13H,6-10H2,1-5H3,(H,16,20)(H,18,19)/t12?,13-/m0/s1. The summed E-state index contributed by atoms with van der Waals surface area (Å²) in [6, 6.07) is 0.0770. The van der Waals surface area contributed by atoms with Crippen LogP contribution in [-0.2, 0) is 4.79 Å². The molecule has 1 unspecified atom stereocenters. The molecule has 0 heterocycles. The van der Waals surface area contributed by atoms with Crippen LogP contribution in [0.1, 0.15) is 53.4 Å². The molecule has 0 aliphatic carbocycles. The van der Waals surface area contributed by atoms with Gasteiger partial charge >= 0.3 is 12.0 Å². The van der Waals surface area contributed by atoms with Gasteiger partial charge < -0.3 is 15.3 Å². The molecule has 0 rings (SSSR count). The van der Waals surface area contributed by atoms with Gasteiger partial charge in [-0.05, 0) is 31.6 Å². The third kappa shape index (κ3) is 8.02. The van der Waals surface area contributed by atoms with E-state index in [1.54, 1.807) is 11.9 Å². The number of amides is 2. The summed E-state index contributed by atoms with van der Waals surface area (Å²) in [7, 11) is 1.78. The Kier molecular flexibility index (Phi) is 9.01. The number of hydrogen-bond donors (Lipinski definition) is 2. The summed E-state index contributed by atoms with van der Waals surface area (Å²) < 4.78 is 0. The van der Waals surface area contributed by atoms with Gasteiger partial charge in [-0.25, -0.2) is 4.79 Å². The van der Waals surface area contributed by atoms with E-state index in [2.05, 4.69) is 26.1 Å². The van der Waals surface area contributed by atoms with Gasteiger partial charge in [0, 0.05) is 26.1 Å². The number of nitrogens with zero attached hydrogens (tertiary/aromatic N) is 1. The molecule has 0 aliphatic rings. The molecule has 0 aromatic carbocycles. The van der Waals surface area contributed by atoms with Crippen LogP contribution in [0, 0.1) is 11.8 Å². The van der Waals surface area contributed by atoms with Crippen LogP contribution in [0.25, 0.3) is 0 Å². The Bertz CT molecular complexity index is 305. The highest BCUT2D eigenvalue weighted by molar-refractivity contribution is 5.74. The van der Waals surface area contributed by atoms with E-state index in [1.807, 2.05) is 6.92 Å². The van der Waals surface area contributed by atoms with E-state index in [0.717, 1.165) is 19.3 Å². The maximum absolute atomic E-state index is 12.0. The number of carboxylic acids is 1.